The van der Waals surface area contributed by atoms with Crippen LogP contribution in [0.4, 0.5) is 0 Å². The van der Waals surface area contributed by atoms with Crippen LogP contribution in [-0.2, 0) is 9.53 Å². The molecule has 0 bridgehead atoms. The van der Waals surface area contributed by atoms with E-state index in [0.29, 0.717) is 10.8 Å². The van der Waals surface area contributed by atoms with E-state index < -0.39 is 0 Å². The molecule has 76 valence electrons. The SMILES string of the molecule is COCC(=O)CSc1ccc(Cl)cn1. The average molecular weight is 232 g/mol. The highest BCUT2D eigenvalue weighted by molar-refractivity contribution is 7.99. The first kappa shape index (κ1) is 11.5. The van der Waals surface area contributed by atoms with Crippen LogP contribution in [0.2, 0.25) is 5.02 Å². The molecule has 1 aromatic heterocycles. The maximum Gasteiger partial charge on any atom is 0.168 e. The molecule has 3 nitrogen and oxygen atoms in total. The van der Waals surface area contributed by atoms with Gasteiger partial charge in [0.15, 0.2) is 5.78 Å². The van der Waals surface area contributed by atoms with E-state index >= 15 is 0 Å². The largest absolute Gasteiger partial charge is 0.377 e. The third-order valence-corrected chi connectivity index (χ3v) is 2.61. The van der Waals surface area contributed by atoms with Gasteiger partial charge in [-0.1, -0.05) is 23.4 Å². The van der Waals surface area contributed by atoms with Gasteiger partial charge in [-0.2, -0.15) is 0 Å². The van der Waals surface area contributed by atoms with E-state index in [4.69, 9.17) is 16.3 Å². The number of carbonyl (C=O) groups excluding carboxylic acids is 1. The molecule has 0 amide bonds. The summed E-state index contributed by atoms with van der Waals surface area (Å²) in [5.74, 6) is 0.428. The van der Waals surface area contributed by atoms with Crippen LogP contribution in [0.5, 0.6) is 0 Å². The lowest BCUT2D eigenvalue weighted by atomic mass is 10.5. The number of pyridine rings is 1. The summed E-state index contributed by atoms with van der Waals surface area (Å²) in [4.78, 5) is 15.1. The highest BCUT2D eigenvalue weighted by Gasteiger charge is 2.02. The number of methoxy groups -OCH3 is 1. The van der Waals surface area contributed by atoms with Crippen LogP contribution in [0.3, 0.4) is 0 Å². The molecule has 0 saturated heterocycles. The van der Waals surface area contributed by atoms with Crippen LogP contribution in [0, 0.1) is 0 Å². The van der Waals surface area contributed by atoms with Crippen molar-refractivity contribution in [3.63, 3.8) is 0 Å². The average Bonchev–Trinajstić information content (AvgIpc) is 2.17. The molecule has 5 heteroatoms. The second-order valence-corrected chi connectivity index (χ2v) is 4.01. The van der Waals surface area contributed by atoms with Gasteiger partial charge in [-0.15, -0.1) is 0 Å². The van der Waals surface area contributed by atoms with Crippen molar-refractivity contribution in [2.75, 3.05) is 19.5 Å². The molecule has 0 aromatic carbocycles. The first-order valence-corrected chi connectivity index (χ1v) is 5.33. The molecule has 0 saturated carbocycles. The minimum Gasteiger partial charge on any atom is -0.377 e. The number of hydrogen-bond acceptors (Lipinski definition) is 4. The van der Waals surface area contributed by atoms with Crippen molar-refractivity contribution < 1.29 is 9.53 Å². The van der Waals surface area contributed by atoms with Crippen molar-refractivity contribution in [2.24, 2.45) is 0 Å². The smallest absolute Gasteiger partial charge is 0.168 e. The van der Waals surface area contributed by atoms with E-state index in [1.54, 1.807) is 18.3 Å². The highest BCUT2D eigenvalue weighted by Crippen LogP contribution is 2.16. The molecule has 14 heavy (non-hydrogen) atoms. The Morgan fingerprint density at radius 3 is 3.00 bits per heavy atom. The van der Waals surface area contributed by atoms with Crippen molar-refractivity contribution in [1.29, 1.82) is 0 Å². The van der Waals surface area contributed by atoms with Crippen LogP contribution >= 0.6 is 23.4 Å². The monoisotopic (exact) mass is 231 g/mol. The Labute approximate surface area is 91.8 Å². The van der Waals surface area contributed by atoms with Crippen LogP contribution < -0.4 is 0 Å². The number of rotatable bonds is 5. The lowest BCUT2D eigenvalue weighted by Gasteiger charge is -1.99. The molecule has 0 radical (unpaired) electrons. The zero-order chi connectivity index (χ0) is 10.4. The van der Waals surface area contributed by atoms with Gasteiger partial charge in [-0.25, -0.2) is 4.98 Å². The topological polar surface area (TPSA) is 39.2 Å². The molecule has 0 aliphatic heterocycles. The Hall–Kier alpha value is -0.580. The Morgan fingerprint density at radius 2 is 2.43 bits per heavy atom. The lowest BCUT2D eigenvalue weighted by molar-refractivity contribution is -0.120. The normalized spacial score (nSPS) is 10.1. The Kier molecular flexibility index (Phi) is 4.93. The molecule has 0 atom stereocenters. The molecule has 0 N–H and O–H groups in total. The summed E-state index contributed by atoms with van der Waals surface area (Å²) in [5.41, 5.74) is 0. The van der Waals surface area contributed by atoms with Crippen LogP contribution in [-0.4, -0.2) is 30.2 Å². The summed E-state index contributed by atoms with van der Waals surface area (Å²) in [6, 6.07) is 3.53. The van der Waals surface area contributed by atoms with Gasteiger partial charge in [0.2, 0.25) is 0 Å². The standard InChI is InChI=1S/C9H10ClNO2S/c1-13-5-8(12)6-14-9-3-2-7(10)4-11-9/h2-4H,5-6H2,1H3. The molecule has 1 rings (SSSR count). The van der Waals surface area contributed by atoms with Crippen molar-refractivity contribution in [1.82, 2.24) is 4.98 Å². The van der Waals surface area contributed by atoms with Gasteiger partial charge in [0.1, 0.15) is 6.61 Å². The zero-order valence-electron chi connectivity index (χ0n) is 7.70. The number of carbonyl (C=O) groups is 1. The quantitative estimate of drug-likeness (QED) is 0.727. The fourth-order valence-electron chi connectivity index (χ4n) is 0.805. The van der Waals surface area contributed by atoms with Gasteiger partial charge in [0, 0.05) is 13.3 Å². The predicted octanol–water partition coefficient (Wildman–Crippen LogP) is 2.04. The third-order valence-electron chi connectivity index (χ3n) is 1.39. The summed E-state index contributed by atoms with van der Waals surface area (Å²) in [7, 11) is 1.50. The Morgan fingerprint density at radius 1 is 1.64 bits per heavy atom. The lowest BCUT2D eigenvalue weighted by Crippen LogP contribution is -2.08. The fraction of sp³-hybridized carbons (Fsp3) is 0.333. The molecular weight excluding hydrogens is 222 g/mol. The fourth-order valence-corrected chi connectivity index (χ4v) is 1.60. The second-order valence-electron chi connectivity index (χ2n) is 2.58. The number of halogens is 1. The summed E-state index contributed by atoms with van der Waals surface area (Å²) in [5, 5.41) is 1.39. The number of thioether (sulfide) groups is 1. The van der Waals surface area contributed by atoms with Crippen LogP contribution in [0.25, 0.3) is 0 Å². The molecule has 0 aliphatic carbocycles. The van der Waals surface area contributed by atoms with E-state index in [1.807, 2.05) is 0 Å². The molecule has 0 aliphatic rings. The zero-order valence-corrected chi connectivity index (χ0v) is 9.27. The van der Waals surface area contributed by atoms with Crippen LogP contribution in [0.1, 0.15) is 0 Å². The van der Waals surface area contributed by atoms with E-state index in [-0.39, 0.29) is 12.4 Å². The van der Waals surface area contributed by atoms with Gasteiger partial charge in [-0.05, 0) is 12.1 Å². The van der Waals surface area contributed by atoms with Crippen molar-refractivity contribution in [2.45, 2.75) is 5.03 Å². The van der Waals surface area contributed by atoms with Gasteiger partial charge >= 0.3 is 0 Å². The van der Waals surface area contributed by atoms with E-state index in [1.165, 1.54) is 18.9 Å². The number of aromatic nitrogens is 1. The molecule has 1 heterocycles. The van der Waals surface area contributed by atoms with Gasteiger partial charge < -0.3 is 4.74 Å². The summed E-state index contributed by atoms with van der Waals surface area (Å²) in [6.45, 7) is 0.153. The Balaban J connectivity index is 2.38. The number of ketones is 1. The van der Waals surface area contributed by atoms with Crippen molar-refractivity contribution in [3.05, 3.63) is 23.4 Å². The van der Waals surface area contributed by atoms with Gasteiger partial charge in [-0.3, -0.25) is 4.79 Å². The Bertz CT molecular complexity index is 302. The summed E-state index contributed by atoms with van der Waals surface area (Å²) in [6.07, 6.45) is 1.56. The maximum absolute atomic E-state index is 11.1. The van der Waals surface area contributed by atoms with Crippen molar-refractivity contribution in [3.8, 4) is 0 Å². The summed E-state index contributed by atoms with van der Waals surface area (Å²) < 4.78 is 4.71. The second kappa shape index (κ2) is 6.01. The molecule has 1 aromatic rings. The van der Waals surface area contributed by atoms with E-state index in [9.17, 15) is 4.79 Å². The summed E-state index contributed by atoms with van der Waals surface area (Å²) >= 11 is 7.04. The van der Waals surface area contributed by atoms with Crippen molar-refractivity contribution >= 4 is 29.1 Å². The van der Waals surface area contributed by atoms with Gasteiger partial charge in [0.05, 0.1) is 15.8 Å². The molecule has 0 unspecified atom stereocenters. The molecule has 0 spiro atoms. The molecule has 0 fully saturated rings. The predicted molar refractivity (Wildman–Crippen MR) is 56.9 cm³/mol. The van der Waals surface area contributed by atoms with Gasteiger partial charge in [0.25, 0.3) is 0 Å². The first-order valence-electron chi connectivity index (χ1n) is 3.97. The highest BCUT2D eigenvalue weighted by atomic mass is 35.5. The number of Topliss-reactive ketones (excluding diaryl/α,β-unsaturated/α-hetero) is 1. The third kappa shape index (κ3) is 4.09. The first-order chi connectivity index (χ1) is 6.72. The minimum absolute atomic E-state index is 0.0502. The number of hydrogen-bond donors (Lipinski definition) is 0. The number of ether oxygens (including phenoxy) is 1. The van der Waals surface area contributed by atoms with E-state index in [2.05, 4.69) is 4.98 Å². The molecular formula is C9H10ClNO2S. The number of nitrogens with zero attached hydrogens (tertiary/aromatic N) is 1. The van der Waals surface area contributed by atoms with Crippen LogP contribution in [0.15, 0.2) is 23.4 Å². The maximum atomic E-state index is 11.1. The minimum atomic E-state index is 0.0502. The van der Waals surface area contributed by atoms with E-state index in [0.717, 1.165) is 5.03 Å².